The lowest BCUT2D eigenvalue weighted by Crippen LogP contribution is -2.51. The Morgan fingerprint density at radius 3 is 2.44 bits per heavy atom. The van der Waals surface area contributed by atoms with E-state index in [2.05, 4.69) is 4.98 Å². The van der Waals surface area contributed by atoms with Crippen LogP contribution in [0.4, 0.5) is 4.39 Å². The van der Waals surface area contributed by atoms with Gasteiger partial charge in [-0.25, -0.2) is 4.39 Å². The van der Waals surface area contributed by atoms with Crippen LogP contribution < -0.4 is 0 Å². The first-order valence-electron chi connectivity index (χ1n) is 7.96. The minimum Gasteiger partial charge on any atom is -0.339 e. The van der Waals surface area contributed by atoms with Crippen molar-refractivity contribution in [3.8, 4) is 0 Å². The van der Waals surface area contributed by atoms with Crippen LogP contribution in [0.2, 0.25) is 0 Å². The highest BCUT2D eigenvalue weighted by molar-refractivity contribution is 14.1. The van der Waals surface area contributed by atoms with E-state index >= 15 is 0 Å². The van der Waals surface area contributed by atoms with Gasteiger partial charge in [0.05, 0.1) is 12.0 Å². The van der Waals surface area contributed by atoms with Gasteiger partial charge in [-0.05, 0) is 52.9 Å². The lowest BCUT2D eigenvalue weighted by atomic mass is 10.1. The zero-order valence-corrected chi connectivity index (χ0v) is 15.6. The molecule has 0 N–H and O–H groups in total. The molecule has 1 fully saturated rings. The third-order valence-electron chi connectivity index (χ3n) is 4.14. The molecule has 0 radical (unpaired) electrons. The quantitative estimate of drug-likeness (QED) is 0.671. The van der Waals surface area contributed by atoms with E-state index in [0.717, 1.165) is 5.69 Å². The van der Waals surface area contributed by atoms with E-state index in [1.165, 1.54) is 18.2 Å². The van der Waals surface area contributed by atoms with Crippen LogP contribution in [-0.4, -0.2) is 52.8 Å². The number of benzene rings is 1. The first-order chi connectivity index (χ1) is 12.0. The van der Waals surface area contributed by atoms with Gasteiger partial charge >= 0.3 is 0 Å². The van der Waals surface area contributed by atoms with Crippen molar-refractivity contribution in [2.75, 3.05) is 26.2 Å². The van der Waals surface area contributed by atoms with E-state index in [1.54, 1.807) is 16.0 Å². The van der Waals surface area contributed by atoms with E-state index < -0.39 is 0 Å². The number of hydrogen-bond acceptors (Lipinski definition) is 3. The third kappa shape index (κ3) is 4.33. The summed E-state index contributed by atoms with van der Waals surface area (Å²) in [6.45, 7) is 1.94. The van der Waals surface area contributed by atoms with Crippen molar-refractivity contribution in [3.05, 3.63) is 63.2 Å². The highest BCUT2D eigenvalue weighted by atomic mass is 127. The Balaban J connectivity index is 1.58. The fourth-order valence-electron chi connectivity index (χ4n) is 2.76. The van der Waals surface area contributed by atoms with Crippen LogP contribution in [0.3, 0.4) is 0 Å². The summed E-state index contributed by atoms with van der Waals surface area (Å²) in [5.74, 6) is -0.464. The van der Waals surface area contributed by atoms with Crippen LogP contribution in [0.1, 0.15) is 16.1 Å². The fourth-order valence-corrected chi connectivity index (χ4v) is 3.47. The fraction of sp³-hybridized carbons (Fsp3) is 0.278. The van der Waals surface area contributed by atoms with Gasteiger partial charge in [-0.2, -0.15) is 0 Å². The summed E-state index contributed by atoms with van der Waals surface area (Å²) >= 11 is 1.97. The third-order valence-corrected chi connectivity index (χ3v) is 5.03. The molecule has 2 aromatic rings. The van der Waals surface area contributed by atoms with Gasteiger partial charge in [-0.1, -0.05) is 6.07 Å². The number of piperazine rings is 1. The summed E-state index contributed by atoms with van der Waals surface area (Å²) in [5, 5.41) is 0. The van der Waals surface area contributed by atoms with Crippen molar-refractivity contribution in [3.63, 3.8) is 0 Å². The van der Waals surface area contributed by atoms with Gasteiger partial charge in [-0.15, -0.1) is 0 Å². The second-order valence-electron chi connectivity index (χ2n) is 5.80. The molecule has 130 valence electrons. The number of carbonyl (C=O) groups excluding carboxylic acids is 2. The SMILES string of the molecule is O=C(Cc1ccccn1)N1CCN(C(=O)c2ccc(F)cc2I)CC1. The number of rotatable bonds is 3. The smallest absolute Gasteiger partial charge is 0.255 e. The number of nitrogens with zero attached hydrogens (tertiary/aromatic N) is 3. The number of pyridine rings is 1. The number of amides is 2. The maximum absolute atomic E-state index is 13.2. The first-order valence-corrected chi connectivity index (χ1v) is 9.04. The zero-order valence-electron chi connectivity index (χ0n) is 13.5. The van der Waals surface area contributed by atoms with E-state index in [1.807, 2.05) is 40.8 Å². The Kier molecular flexibility index (Phi) is 5.62. The van der Waals surface area contributed by atoms with Gasteiger partial charge in [0, 0.05) is 41.6 Å². The van der Waals surface area contributed by atoms with Crippen LogP contribution in [0.25, 0.3) is 0 Å². The Hall–Kier alpha value is -2.03. The zero-order chi connectivity index (χ0) is 17.8. The molecular weight excluding hydrogens is 436 g/mol. The van der Waals surface area contributed by atoms with Gasteiger partial charge in [0.15, 0.2) is 0 Å². The molecule has 1 saturated heterocycles. The standard InChI is InChI=1S/C18H17FIN3O2/c19-13-4-5-15(16(20)11-13)18(25)23-9-7-22(8-10-23)17(24)12-14-3-1-2-6-21-14/h1-6,11H,7-10,12H2. The van der Waals surface area contributed by atoms with Gasteiger partial charge < -0.3 is 9.80 Å². The topological polar surface area (TPSA) is 53.5 Å². The Morgan fingerprint density at radius 1 is 1.08 bits per heavy atom. The maximum Gasteiger partial charge on any atom is 0.255 e. The average Bonchev–Trinajstić information content (AvgIpc) is 2.62. The molecule has 2 amide bonds. The van der Waals surface area contributed by atoms with Crippen molar-refractivity contribution in [2.45, 2.75) is 6.42 Å². The largest absolute Gasteiger partial charge is 0.339 e. The predicted octanol–water partition coefficient (Wildman–Crippen LogP) is 2.35. The van der Waals surface area contributed by atoms with Gasteiger partial charge in [0.1, 0.15) is 5.82 Å². The summed E-state index contributed by atoms with van der Waals surface area (Å²) in [6, 6.07) is 9.65. The van der Waals surface area contributed by atoms with Crippen LogP contribution in [0.5, 0.6) is 0 Å². The highest BCUT2D eigenvalue weighted by Gasteiger charge is 2.26. The minimum absolute atomic E-state index is 0.0159. The summed E-state index contributed by atoms with van der Waals surface area (Å²) < 4.78 is 13.8. The van der Waals surface area contributed by atoms with Crippen LogP contribution >= 0.6 is 22.6 Å². The predicted molar refractivity (Wildman–Crippen MR) is 99.5 cm³/mol. The molecule has 0 atom stereocenters. The van der Waals surface area contributed by atoms with E-state index in [9.17, 15) is 14.0 Å². The molecule has 0 saturated carbocycles. The highest BCUT2D eigenvalue weighted by Crippen LogP contribution is 2.17. The van der Waals surface area contributed by atoms with Crippen LogP contribution in [-0.2, 0) is 11.2 Å². The van der Waals surface area contributed by atoms with Crippen molar-refractivity contribution in [1.29, 1.82) is 0 Å². The number of aromatic nitrogens is 1. The summed E-state index contributed by atoms with van der Waals surface area (Å²) in [6.07, 6.45) is 1.94. The molecule has 25 heavy (non-hydrogen) atoms. The molecule has 3 rings (SSSR count). The van der Waals surface area contributed by atoms with Crippen molar-refractivity contribution >= 4 is 34.4 Å². The average molecular weight is 453 g/mol. The molecule has 1 aliphatic rings. The molecule has 7 heteroatoms. The van der Waals surface area contributed by atoms with Crippen molar-refractivity contribution in [1.82, 2.24) is 14.8 Å². The summed E-state index contributed by atoms with van der Waals surface area (Å²) in [7, 11) is 0. The molecular formula is C18H17FIN3O2. The Bertz CT molecular complexity index is 777. The van der Waals surface area contributed by atoms with Crippen LogP contribution in [0.15, 0.2) is 42.6 Å². The second kappa shape index (κ2) is 7.90. The first kappa shape index (κ1) is 17.8. The lowest BCUT2D eigenvalue weighted by molar-refractivity contribution is -0.132. The molecule has 0 unspecified atom stereocenters. The van der Waals surface area contributed by atoms with Crippen LogP contribution in [0, 0.1) is 9.39 Å². The molecule has 0 bridgehead atoms. The van der Waals surface area contributed by atoms with Crippen molar-refractivity contribution < 1.29 is 14.0 Å². The Morgan fingerprint density at radius 2 is 1.80 bits per heavy atom. The molecule has 1 aromatic carbocycles. The monoisotopic (exact) mass is 453 g/mol. The minimum atomic E-state index is -0.356. The Labute approximate surface area is 159 Å². The van der Waals surface area contributed by atoms with Crippen molar-refractivity contribution in [2.24, 2.45) is 0 Å². The van der Waals surface area contributed by atoms with E-state index in [-0.39, 0.29) is 24.1 Å². The lowest BCUT2D eigenvalue weighted by Gasteiger charge is -2.35. The normalized spacial score (nSPS) is 14.5. The number of hydrogen-bond donors (Lipinski definition) is 0. The van der Waals surface area contributed by atoms with E-state index in [4.69, 9.17) is 0 Å². The summed E-state index contributed by atoms with van der Waals surface area (Å²) in [5.41, 5.74) is 1.24. The molecule has 0 spiro atoms. The van der Waals surface area contributed by atoms with Gasteiger partial charge in [0.2, 0.25) is 5.91 Å². The van der Waals surface area contributed by atoms with Gasteiger partial charge in [-0.3, -0.25) is 14.6 Å². The molecule has 2 heterocycles. The molecule has 1 aromatic heterocycles. The van der Waals surface area contributed by atoms with Gasteiger partial charge in [0.25, 0.3) is 5.91 Å². The second-order valence-corrected chi connectivity index (χ2v) is 6.96. The molecule has 1 aliphatic heterocycles. The maximum atomic E-state index is 13.2. The molecule has 5 nitrogen and oxygen atoms in total. The van der Waals surface area contributed by atoms with E-state index in [0.29, 0.717) is 35.3 Å². The number of carbonyl (C=O) groups is 2. The number of halogens is 2. The summed E-state index contributed by atoms with van der Waals surface area (Å²) in [4.78, 5) is 32.6. The molecule has 0 aliphatic carbocycles.